The standard InChI is InChI=1S/C19H24N6.C4H4O4/c1-2-5-17-16(4-1)6-7-18(23-17)20-10-11-24-12-14-25(15-13-24)19-21-8-3-9-22-19;5-3(6)1-2-4(7)8/h1-5,8-9H,6-7,10-15H2,(H,20,23);1-2H,(H,5,6)(H,7,8). The summed E-state index contributed by atoms with van der Waals surface area (Å²) >= 11 is 0. The van der Waals surface area contributed by atoms with E-state index >= 15 is 0 Å². The van der Waals surface area contributed by atoms with Gasteiger partial charge in [-0.2, -0.15) is 0 Å². The van der Waals surface area contributed by atoms with E-state index in [1.807, 2.05) is 18.5 Å². The van der Waals surface area contributed by atoms with Crippen molar-refractivity contribution in [3.8, 4) is 0 Å². The van der Waals surface area contributed by atoms with E-state index in [4.69, 9.17) is 15.2 Å². The van der Waals surface area contributed by atoms with E-state index in [2.05, 4.69) is 49.4 Å². The van der Waals surface area contributed by atoms with Crippen LogP contribution in [-0.4, -0.2) is 82.1 Å². The highest BCUT2D eigenvalue weighted by atomic mass is 16.4. The molecule has 1 saturated heterocycles. The second-order valence-electron chi connectivity index (χ2n) is 7.50. The highest BCUT2D eigenvalue weighted by Gasteiger charge is 2.18. The van der Waals surface area contributed by atoms with Crippen molar-refractivity contribution in [2.45, 2.75) is 12.8 Å². The van der Waals surface area contributed by atoms with Gasteiger partial charge in [0.1, 0.15) is 5.84 Å². The lowest BCUT2D eigenvalue weighted by molar-refractivity contribution is -0.134. The third-order valence-electron chi connectivity index (χ3n) is 5.21. The molecule has 4 rings (SSSR count). The van der Waals surface area contributed by atoms with E-state index in [9.17, 15) is 9.59 Å². The van der Waals surface area contributed by atoms with Gasteiger partial charge < -0.3 is 20.4 Å². The number of para-hydroxylation sites is 1. The fourth-order valence-corrected chi connectivity index (χ4v) is 3.54. The van der Waals surface area contributed by atoms with Gasteiger partial charge in [-0.05, 0) is 24.1 Å². The average Bonchev–Trinajstić information content (AvgIpc) is 2.84. The third-order valence-corrected chi connectivity index (χ3v) is 5.21. The maximum absolute atomic E-state index is 9.55. The lowest BCUT2D eigenvalue weighted by Crippen LogP contribution is -2.49. The van der Waals surface area contributed by atoms with E-state index in [-0.39, 0.29) is 0 Å². The molecule has 2 aromatic rings. The molecule has 0 saturated carbocycles. The van der Waals surface area contributed by atoms with Crippen LogP contribution in [0.1, 0.15) is 12.0 Å². The molecule has 1 fully saturated rings. The molecule has 3 N–H and O–H groups in total. The van der Waals surface area contributed by atoms with Gasteiger partial charge in [-0.1, -0.05) is 18.2 Å². The summed E-state index contributed by atoms with van der Waals surface area (Å²) < 4.78 is 0. The highest BCUT2D eigenvalue weighted by Crippen LogP contribution is 2.24. The Hall–Kier alpha value is -3.79. The Morgan fingerprint density at radius 1 is 0.939 bits per heavy atom. The molecule has 1 aromatic heterocycles. The average molecular weight is 453 g/mol. The number of aryl methyl sites for hydroxylation is 1. The molecular formula is C23H28N6O4. The van der Waals surface area contributed by atoms with Gasteiger partial charge in [-0.15, -0.1) is 0 Å². The van der Waals surface area contributed by atoms with Crippen LogP contribution < -0.4 is 10.2 Å². The van der Waals surface area contributed by atoms with Gasteiger partial charge in [0.25, 0.3) is 0 Å². The molecule has 0 bridgehead atoms. The highest BCUT2D eigenvalue weighted by molar-refractivity contribution is 5.89. The quantitative estimate of drug-likeness (QED) is 0.559. The van der Waals surface area contributed by atoms with Crippen LogP contribution in [-0.2, 0) is 16.0 Å². The summed E-state index contributed by atoms with van der Waals surface area (Å²) in [6, 6.07) is 10.3. The molecule has 2 aliphatic rings. The molecule has 10 heteroatoms. The Kier molecular flexibility index (Phi) is 8.89. The van der Waals surface area contributed by atoms with Crippen LogP contribution in [0.4, 0.5) is 11.6 Å². The topological polar surface area (TPSA) is 131 Å². The molecule has 33 heavy (non-hydrogen) atoms. The molecular weight excluding hydrogens is 424 g/mol. The molecule has 10 nitrogen and oxygen atoms in total. The van der Waals surface area contributed by atoms with Crippen LogP contribution in [0.5, 0.6) is 0 Å². The molecule has 0 spiro atoms. The van der Waals surface area contributed by atoms with E-state index in [1.54, 1.807) is 0 Å². The van der Waals surface area contributed by atoms with Crippen molar-refractivity contribution in [1.29, 1.82) is 0 Å². The van der Waals surface area contributed by atoms with Crippen molar-refractivity contribution in [3.63, 3.8) is 0 Å². The van der Waals surface area contributed by atoms with Gasteiger partial charge in [0.15, 0.2) is 0 Å². The number of benzene rings is 1. The zero-order chi connectivity index (χ0) is 23.5. The first-order chi connectivity index (χ1) is 16.0. The van der Waals surface area contributed by atoms with Crippen LogP contribution in [0.3, 0.4) is 0 Å². The monoisotopic (exact) mass is 452 g/mol. The molecule has 0 atom stereocenters. The summed E-state index contributed by atoms with van der Waals surface area (Å²) in [4.78, 5) is 37.3. The first kappa shape index (κ1) is 23.9. The van der Waals surface area contributed by atoms with Gasteiger partial charge in [0, 0.05) is 70.2 Å². The number of nitrogens with zero attached hydrogens (tertiary/aromatic N) is 5. The molecule has 3 heterocycles. The number of piperazine rings is 1. The van der Waals surface area contributed by atoms with E-state index in [1.165, 1.54) is 5.56 Å². The van der Waals surface area contributed by atoms with Crippen LogP contribution in [0, 0.1) is 0 Å². The summed E-state index contributed by atoms with van der Waals surface area (Å²) in [5.74, 6) is -0.551. The van der Waals surface area contributed by atoms with E-state index in [0.717, 1.165) is 69.6 Å². The van der Waals surface area contributed by atoms with Gasteiger partial charge in [0.05, 0.1) is 5.69 Å². The SMILES string of the molecule is O=C(O)C=CC(=O)O.c1cnc(N2CCN(CCNC3=Nc4ccccc4CC3)CC2)nc1. The fraction of sp³-hybridized carbons (Fsp3) is 0.348. The molecule has 0 aliphatic carbocycles. The van der Waals surface area contributed by atoms with E-state index in [0.29, 0.717) is 12.2 Å². The Morgan fingerprint density at radius 3 is 2.27 bits per heavy atom. The second-order valence-corrected chi connectivity index (χ2v) is 7.50. The molecule has 0 amide bonds. The number of carboxylic acid groups (broad SMARTS) is 2. The number of amidine groups is 1. The lowest BCUT2D eigenvalue weighted by Gasteiger charge is -2.34. The van der Waals surface area contributed by atoms with Crippen LogP contribution in [0.2, 0.25) is 0 Å². The maximum atomic E-state index is 9.55. The first-order valence-electron chi connectivity index (χ1n) is 10.8. The molecule has 0 unspecified atom stereocenters. The lowest BCUT2D eigenvalue weighted by atomic mass is 10.0. The number of aliphatic carboxylic acids is 2. The number of hydrogen-bond acceptors (Lipinski definition) is 8. The third kappa shape index (κ3) is 8.00. The predicted molar refractivity (Wildman–Crippen MR) is 125 cm³/mol. The van der Waals surface area contributed by atoms with Crippen molar-refractivity contribution in [2.75, 3.05) is 44.2 Å². The number of carboxylic acids is 2. The van der Waals surface area contributed by atoms with Gasteiger partial charge in [-0.3, -0.25) is 4.90 Å². The number of carbonyl (C=O) groups is 2. The molecule has 174 valence electrons. The Morgan fingerprint density at radius 2 is 1.61 bits per heavy atom. The van der Waals surface area contributed by atoms with Gasteiger partial charge in [-0.25, -0.2) is 24.5 Å². The van der Waals surface area contributed by atoms with Crippen LogP contribution in [0.15, 0.2) is 59.9 Å². The number of fused-ring (bicyclic) bond motifs is 1. The van der Waals surface area contributed by atoms with Crippen molar-refractivity contribution >= 4 is 29.4 Å². The minimum Gasteiger partial charge on any atom is -0.478 e. The maximum Gasteiger partial charge on any atom is 0.328 e. The minimum atomic E-state index is -1.26. The number of hydrogen-bond donors (Lipinski definition) is 3. The Balaban J connectivity index is 0.000000331. The number of aromatic nitrogens is 2. The zero-order valence-electron chi connectivity index (χ0n) is 18.3. The van der Waals surface area contributed by atoms with E-state index < -0.39 is 11.9 Å². The normalized spacial score (nSPS) is 15.8. The Labute approximate surface area is 192 Å². The van der Waals surface area contributed by atoms with Gasteiger partial charge >= 0.3 is 11.9 Å². The van der Waals surface area contributed by atoms with Crippen molar-refractivity contribution < 1.29 is 19.8 Å². The molecule has 0 radical (unpaired) electrons. The first-order valence-corrected chi connectivity index (χ1v) is 10.8. The zero-order valence-corrected chi connectivity index (χ0v) is 18.3. The second kappa shape index (κ2) is 12.3. The minimum absolute atomic E-state index is 0.558. The summed E-state index contributed by atoms with van der Waals surface area (Å²) in [5.41, 5.74) is 2.47. The van der Waals surface area contributed by atoms with Crippen molar-refractivity contribution in [1.82, 2.24) is 20.2 Å². The number of anilines is 1. The van der Waals surface area contributed by atoms with Crippen molar-refractivity contribution in [3.05, 3.63) is 60.4 Å². The summed E-state index contributed by atoms with van der Waals surface area (Å²) in [6.45, 7) is 6.06. The van der Waals surface area contributed by atoms with Crippen LogP contribution in [0.25, 0.3) is 0 Å². The smallest absolute Gasteiger partial charge is 0.328 e. The molecule has 2 aliphatic heterocycles. The predicted octanol–water partition coefficient (Wildman–Crippen LogP) is 1.58. The fourth-order valence-electron chi connectivity index (χ4n) is 3.54. The van der Waals surface area contributed by atoms with Crippen molar-refractivity contribution in [2.24, 2.45) is 4.99 Å². The van der Waals surface area contributed by atoms with Crippen LogP contribution >= 0.6 is 0 Å². The Bertz CT molecular complexity index is 971. The summed E-state index contributed by atoms with van der Waals surface area (Å²) in [7, 11) is 0. The largest absolute Gasteiger partial charge is 0.478 e. The van der Waals surface area contributed by atoms with Gasteiger partial charge in [0.2, 0.25) is 5.95 Å². The molecule has 1 aromatic carbocycles. The number of rotatable bonds is 6. The number of aliphatic imine (C=N–C) groups is 1. The number of nitrogens with one attached hydrogen (secondary N) is 1. The summed E-state index contributed by atoms with van der Waals surface area (Å²) in [5, 5.41) is 19.1. The summed E-state index contributed by atoms with van der Waals surface area (Å²) in [6.07, 6.45) is 6.82.